The topological polar surface area (TPSA) is 58.9 Å². The van der Waals surface area contributed by atoms with Crippen molar-refractivity contribution in [2.24, 2.45) is 9.98 Å². The number of hydrogen-bond donors (Lipinski definition) is 0. The van der Waals surface area contributed by atoms with Gasteiger partial charge < -0.3 is 0 Å². The molecule has 0 saturated heterocycles. The molecule has 0 amide bonds. The molecule has 0 spiro atoms. The van der Waals surface area contributed by atoms with Crippen LogP contribution in [-0.2, 0) is 9.59 Å². The summed E-state index contributed by atoms with van der Waals surface area (Å²) in [6.07, 6.45) is 9.19. The van der Waals surface area contributed by atoms with Crippen molar-refractivity contribution in [2.45, 2.75) is 25.3 Å². The van der Waals surface area contributed by atoms with Crippen molar-refractivity contribution < 1.29 is 9.59 Å². The van der Waals surface area contributed by atoms with Gasteiger partial charge in [-0.15, -0.1) is 0 Å². The van der Waals surface area contributed by atoms with E-state index in [0.29, 0.717) is 5.69 Å². The number of allylic oxidation sites excluding steroid dienone is 2. The van der Waals surface area contributed by atoms with Gasteiger partial charge in [-0.25, -0.2) is 9.59 Å². The molecular weight excluding hydrogens is 324 g/mol. The summed E-state index contributed by atoms with van der Waals surface area (Å²) in [6.45, 7) is 3.96. The van der Waals surface area contributed by atoms with Crippen molar-refractivity contribution in [3.8, 4) is 11.1 Å². The lowest BCUT2D eigenvalue weighted by molar-refractivity contribution is 0.489. The zero-order chi connectivity index (χ0) is 18.6. The summed E-state index contributed by atoms with van der Waals surface area (Å²) in [6, 6.07) is 15.5. The Morgan fingerprint density at radius 2 is 1.73 bits per heavy atom. The zero-order valence-corrected chi connectivity index (χ0v) is 14.6. The van der Waals surface area contributed by atoms with Crippen LogP contribution in [0.15, 0.2) is 82.3 Å². The molecule has 1 aliphatic carbocycles. The highest BCUT2D eigenvalue weighted by Crippen LogP contribution is 2.41. The zero-order valence-electron chi connectivity index (χ0n) is 14.6. The third-order valence-electron chi connectivity index (χ3n) is 4.74. The van der Waals surface area contributed by atoms with E-state index in [0.717, 1.165) is 22.3 Å². The lowest BCUT2D eigenvalue weighted by Gasteiger charge is -2.34. The van der Waals surface area contributed by atoms with Crippen molar-refractivity contribution in [3.63, 3.8) is 0 Å². The minimum Gasteiger partial charge on any atom is -0.211 e. The second-order valence-electron chi connectivity index (χ2n) is 6.47. The molecule has 0 saturated carbocycles. The number of hydrogen-bond acceptors (Lipinski definition) is 4. The molecule has 0 fully saturated rings. The van der Waals surface area contributed by atoms with Crippen LogP contribution >= 0.6 is 0 Å². The number of isocyanates is 2. The molecule has 128 valence electrons. The first-order chi connectivity index (χ1) is 12.6. The predicted octanol–water partition coefficient (Wildman–Crippen LogP) is 5.02. The number of benzene rings is 2. The molecule has 1 aliphatic rings. The first-order valence-corrected chi connectivity index (χ1v) is 8.31. The smallest absolute Gasteiger partial charge is 0.211 e. The van der Waals surface area contributed by atoms with Crippen LogP contribution in [0.25, 0.3) is 11.1 Å². The van der Waals surface area contributed by atoms with Gasteiger partial charge in [0.1, 0.15) is 0 Å². The van der Waals surface area contributed by atoms with Gasteiger partial charge in [0.25, 0.3) is 0 Å². The van der Waals surface area contributed by atoms with Crippen LogP contribution in [0.1, 0.15) is 25.3 Å². The van der Waals surface area contributed by atoms with Gasteiger partial charge in [0.2, 0.25) is 12.2 Å². The first-order valence-electron chi connectivity index (χ1n) is 8.31. The monoisotopic (exact) mass is 342 g/mol. The van der Waals surface area contributed by atoms with Gasteiger partial charge in [0.05, 0.1) is 11.2 Å². The van der Waals surface area contributed by atoms with E-state index in [-0.39, 0.29) is 5.92 Å². The predicted molar refractivity (Wildman–Crippen MR) is 102 cm³/mol. The number of aliphatic imine (C=N–C) groups is 2. The third kappa shape index (κ3) is 3.25. The summed E-state index contributed by atoms with van der Waals surface area (Å²) in [5.74, 6) is -0.0359. The average molecular weight is 342 g/mol. The Hall–Kier alpha value is -3.32. The fraction of sp³-hybridized carbons (Fsp3) is 0.182. The molecule has 0 aromatic heterocycles. The van der Waals surface area contributed by atoms with Gasteiger partial charge >= 0.3 is 0 Å². The molecule has 3 rings (SSSR count). The summed E-state index contributed by atoms with van der Waals surface area (Å²) in [5, 5.41) is 0. The maximum absolute atomic E-state index is 10.9. The van der Waals surface area contributed by atoms with Crippen molar-refractivity contribution in [1.82, 2.24) is 0 Å². The highest BCUT2D eigenvalue weighted by atomic mass is 16.1. The Morgan fingerprint density at radius 3 is 2.42 bits per heavy atom. The van der Waals surface area contributed by atoms with Gasteiger partial charge in [-0.05, 0) is 31.0 Å². The Kier molecular flexibility index (Phi) is 4.90. The maximum Gasteiger partial charge on any atom is 0.240 e. The molecule has 0 N–H and O–H groups in total. The van der Waals surface area contributed by atoms with Gasteiger partial charge in [-0.3, -0.25) is 0 Å². The molecule has 0 radical (unpaired) electrons. The maximum atomic E-state index is 10.9. The van der Waals surface area contributed by atoms with E-state index in [1.807, 2.05) is 74.5 Å². The van der Waals surface area contributed by atoms with Crippen molar-refractivity contribution >= 4 is 17.8 Å². The highest BCUT2D eigenvalue weighted by Gasteiger charge is 2.35. The molecule has 4 heteroatoms. The Bertz CT molecular complexity index is 975. The standard InChI is InChI=1S/C22H18N2O2/c1-16-6-5-13-22(2,24-15-26)21(16)18-11-9-17(10-12-18)19-7-3-4-8-20(19)23-14-25/h3-13,21H,1-2H3. The van der Waals surface area contributed by atoms with E-state index in [1.54, 1.807) is 18.2 Å². The summed E-state index contributed by atoms with van der Waals surface area (Å²) in [7, 11) is 0. The van der Waals surface area contributed by atoms with Gasteiger partial charge in [0.15, 0.2) is 0 Å². The van der Waals surface area contributed by atoms with Crippen LogP contribution in [-0.4, -0.2) is 17.7 Å². The number of nitrogens with zero attached hydrogens (tertiary/aromatic N) is 2. The fourth-order valence-corrected chi connectivity index (χ4v) is 3.57. The van der Waals surface area contributed by atoms with Crippen molar-refractivity contribution in [1.29, 1.82) is 0 Å². The largest absolute Gasteiger partial charge is 0.240 e. The van der Waals surface area contributed by atoms with E-state index in [9.17, 15) is 9.59 Å². The summed E-state index contributed by atoms with van der Waals surface area (Å²) >= 11 is 0. The molecule has 2 aromatic carbocycles. The lowest BCUT2D eigenvalue weighted by Crippen LogP contribution is -2.31. The van der Waals surface area contributed by atoms with Crippen LogP contribution in [0.5, 0.6) is 0 Å². The van der Waals surface area contributed by atoms with Crippen LogP contribution < -0.4 is 0 Å². The van der Waals surface area contributed by atoms with E-state index >= 15 is 0 Å². The Balaban J connectivity index is 2.02. The van der Waals surface area contributed by atoms with Crippen LogP contribution in [0.2, 0.25) is 0 Å². The summed E-state index contributed by atoms with van der Waals surface area (Å²) in [5.41, 5.74) is 3.95. The van der Waals surface area contributed by atoms with Crippen LogP contribution in [0.4, 0.5) is 5.69 Å². The molecule has 0 bridgehead atoms. The molecule has 0 heterocycles. The molecule has 2 atom stereocenters. The van der Waals surface area contributed by atoms with Crippen LogP contribution in [0, 0.1) is 0 Å². The van der Waals surface area contributed by atoms with Crippen LogP contribution in [0.3, 0.4) is 0 Å². The Labute approximate surface area is 152 Å². The number of para-hydroxylation sites is 1. The van der Waals surface area contributed by atoms with Gasteiger partial charge in [-0.1, -0.05) is 66.3 Å². The second kappa shape index (κ2) is 7.28. The normalized spacial score (nSPS) is 21.3. The molecule has 4 nitrogen and oxygen atoms in total. The minimum absolute atomic E-state index is 0.0359. The average Bonchev–Trinajstić information content (AvgIpc) is 2.63. The molecule has 2 aromatic rings. The fourth-order valence-electron chi connectivity index (χ4n) is 3.57. The number of rotatable bonds is 4. The summed E-state index contributed by atoms with van der Waals surface area (Å²) in [4.78, 5) is 29.4. The lowest BCUT2D eigenvalue weighted by atomic mass is 9.74. The molecule has 2 unspecified atom stereocenters. The minimum atomic E-state index is -0.651. The van der Waals surface area contributed by atoms with E-state index < -0.39 is 5.54 Å². The molecule has 0 aliphatic heterocycles. The van der Waals surface area contributed by atoms with Gasteiger partial charge in [0, 0.05) is 11.5 Å². The number of carbonyl (C=O) groups excluding carboxylic acids is 2. The SMILES string of the molecule is CC1=CC=CC(C)(N=C=O)C1c1ccc(-c2ccccc2N=C=O)cc1. The third-order valence-corrected chi connectivity index (χ3v) is 4.74. The van der Waals surface area contributed by atoms with E-state index in [1.165, 1.54) is 0 Å². The van der Waals surface area contributed by atoms with Crippen molar-refractivity contribution in [3.05, 3.63) is 77.9 Å². The summed E-state index contributed by atoms with van der Waals surface area (Å²) < 4.78 is 0. The highest BCUT2D eigenvalue weighted by molar-refractivity contribution is 5.77. The first kappa shape index (κ1) is 17.5. The molecule has 26 heavy (non-hydrogen) atoms. The Morgan fingerprint density at radius 1 is 1.00 bits per heavy atom. The molecular formula is C22H18N2O2. The van der Waals surface area contributed by atoms with E-state index in [4.69, 9.17) is 0 Å². The second-order valence-corrected chi connectivity index (χ2v) is 6.47. The van der Waals surface area contributed by atoms with Gasteiger partial charge in [-0.2, -0.15) is 9.98 Å². The quantitative estimate of drug-likeness (QED) is 0.579. The van der Waals surface area contributed by atoms with Crippen molar-refractivity contribution in [2.75, 3.05) is 0 Å². The van der Waals surface area contributed by atoms with E-state index in [2.05, 4.69) is 9.98 Å².